The van der Waals surface area contributed by atoms with E-state index in [2.05, 4.69) is 42.9 Å². The molecule has 4 rings (SSSR count). The molecule has 9 nitrogen and oxygen atoms in total. The van der Waals surface area contributed by atoms with E-state index in [1.54, 1.807) is 31.4 Å². The van der Waals surface area contributed by atoms with Gasteiger partial charge in [-0.15, -0.1) is 0 Å². The summed E-state index contributed by atoms with van der Waals surface area (Å²) in [7, 11) is -1.94. The minimum atomic E-state index is -3.55. The third kappa shape index (κ3) is 6.15. The average Bonchev–Trinajstić information content (AvgIpc) is 3.38. The molecule has 1 amide bonds. The Morgan fingerprint density at radius 2 is 1.69 bits per heavy atom. The average molecular weight is 593 g/mol. The van der Waals surface area contributed by atoms with Crippen LogP contribution in [0.2, 0.25) is 0 Å². The fraction of sp³-hybridized carbons (Fsp3) is 0.375. The molecule has 4 aromatic rings. The third-order valence-electron chi connectivity index (χ3n) is 7.80. The Kier molecular flexibility index (Phi) is 8.71. The molecule has 0 aliphatic rings. The van der Waals surface area contributed by atoms with Crippen molar-refractivity contribution in [3.05, 3.63) is 75.8 Å². The van der Waals surface area contributed by atoms with Gasteiger partial charge < -0.3 is 19.6 Å². The number of likely N-dealkylation sites (N-methyl/N-ethyl adjacent to an activating group) is 1. The predicted octanol–water partition coefficient (Wildman–Crippen LogP) is 5.20. The van der Waals surface area contributed by atoms with E-state index < -0.39 is 9.84 Å². The maximum absolute atomic E-state index is 13.3. The standard InChI is InChI=1S/C32H40N4O5S/c1-9-36(10-2)32(5,6)19-33-30(37)26-17-24-25(18-35(7)31(38)28(24)34-26)23-16-22(42(8,39)40)14-15-27(23)41-29-20(3)12-11-13-21(29)4/h11-18,34H,9-10,19H2,1-8H3,(H,33,37). The van der Waals surface area contributed by atoms with Crippen molar-refractivity contribution in [2.24, 2.45) is 7.05 Å². The van der Waals surface area contributed by atoms with E-state index in [-0.39, 0.29) is 33.1 Å². The van der Waals surface area contributed by atoms with Crippen molar-refractivity contribution in [2.75, 3.05) is 25.9 Å². The number of sulfone groups is 1. The van der Waals surface area contributed by atoms with Crippen LogP contribution in [0.5, 0.6) is 11.5 Å². The molecule has 224 valence electrons. The van der Waals surface area contributed by atoms with Gasteiger partial charge in [-0.05, 0) is 76.2 Å². The number of nitrogens with zero attached hydrogens (tertiary/aromatic N) is 2. The summed E-state index contributed by atoms with van der Waals surface area (Å²) < 4.78 is 32.9. The molecule has 0 aliphatic carbocycles. The summed E-state index contributed by atoms with van der Waals surface area (Å²) >= 11 is 0. The highest BCUT2D eigenvalue weighted by Crippen LogP contribution is 2.40. The summed E-state index contributed by atoms with van der Waals surface area (Å²) in [6.45, 7) is 14.3. The molecule has 0 spiro atoms. The van der Waals surface area contributed by atoms with Crippen LogP contribution in [0.25, 0.3) is 22.0 Å². The molecule has 2 aromatic carbocycles. The van der Waals surface area contributed by atoms with E-state index in [1.807, 2.05) is 32.0 Å². The number of benzene rings is 2. The summed E-state index contributed by atoms with van der Waals surface area (Å²) in [5.41, 5.74) is 2.78. The van der Waals surface area contributed by atoms with Crippen molar-refractivity contribution in [3.63, 3.8) is 0 Å². The number of H-pyrrole nitrogens is 1. The molecule has 2 aromatic heterocycles. The number of ether oxygens (including phenoxy) is 1. The van der Waals surface area contributed by atoms with E-state index in [0.717, 1.165) is 30.5 Å². The highest BCUT2D eigenvalue weighted by Gasteiger charge is 2.26. The van der Waals surface area contributed by atoms with Gasteiger partial charge in [0, 0.05) is 48.1 Å². The number of carbonyl (C=O) groups is 1. The first kappa shape index (κ1) is 31.1. The molecule has 0 radical (unpaired) electrons. The Hall–Kier alpha value is -3.89. The predicted molar refractivity (Wildman–Crippen MR) is 167 cm³/mol. The van der Waals surface area contributed by atoms with Gasteiger partial charge in [0.05, 0.1) is 4.90 Å². The van der Waals surface area contributed by atoms with Crippen LogP contribution in [-0.2, 0) is 16.9 Å². The zero-order chi connectivity index (χ0) is 31.0. The lowest BCUT2D eigenvalue weighted by Crippen LogP contribution is -2.51. The lowest BCUT2D eigenvalue weighted by atomic mass is 10.0. The van der Waals surface area contributed by atoms with Crippen molar-refractivity contribution in [1.29, 1.82) is 0 Å². The van der Waals surface area contributed by atoms with Gasteiger partial charge in [0.1, 0.15) is 22.7 Å². The molecule has 0 bridgehead atoms. The molecule has 2 heterocycles. The number of aryl methyl sites for hydroxylation is 3. The largest absolute Gasteiger partial charge is 0.456 e. The summed E-state index contributed by atoms with van der Waals surface area (Å²) in [6.07, 6.45) is 2.79. The van der Waals surface area contributed by atoms with Crippen LogP contribution in [0.15, 0.2) is 58.4 Å². The second kappa shape index (κ2) is 11.8. The number of hydrogen-bond donors (Lipinski definition) is 2. The van der Waals surface area contributed by atoms with Crippen molar-refractivity contribution >= 4 is 26.6 Å². The third-order valence-corrected chi connectivity index (χ3v) is 8.91. The quantitative estimate of drug-likeness (QED) is 0.262. The Labute approximate surface area is 247 Å². The zero-order valence-electron chi connectivity index (χ0n) is 25.6. The highest BCUT2D eigenvalue weighted by molar-refractivity contribution is 7.90. The van der Waals surface area contributed by atoms with Gasteiger partial charge >= 0.3 is 0 Å². The maximum Gasteiger partial charge on any atom is 0.274 e. The van der Waals surface area contributed by atoms with Gasteiger partial charge in [-0.2, -0.15) is 0 Å². The van der Waals surface area contributed by atoms with Crippen molar-refractivity contribution < 1.29 is 17.9 Å². The minimum Gasteiger partial charge on any atom is -0.456 e. The van der Waals surface area contributed by atoms with Crippen LogP contribution in [0.3, 0.4) is 0 Å². The first-order valence-corrected chi connectivity index (χ1v) is 15.9. The smallest absolute Gasteiger partial charge is 0.274 e. The topological polar surface area (TPSA) is 114 Å². The van der Waals surface area contributed by atoms with E-state index in [1.165, 1.54) is 10.6 Å². The Balaban J connectivity index is 1.86. The number of aromatic nitrogens is 2. The fourth-order valence-corrected chi connectivity index (χ4v) is 6.01. The monoisotopic (exact) mass is 592 g/mol. The first-order valence-electron chi connectivity index (χ1n) is 14.0. The lowest BCUT2D eigenvalue weighted by Gasteiger charge is -2.37. The second-order valence-electron chi connectivity index (χ2n) is 11.4. The van der Waals surface area contributed by atoms with Gasteiger partial charge in [0.25, 0.3) is 11.5 Å². The van der Waals surface area contributed by atoms with Crippen LogP contribution >= 0.6 is 0 Å². The molecule has 2 N–H and O–H groups in total. The number of pyridine rings is 1. The summed E-state index contributed by atoms with van der Waals surface area (Å²) in [6, 6.07) is 12.2. The summed E-state index contributed by atoms with van der Waals surface area (Å²) in [5, 5.41) is 3.49. The van der Waals surface area contributed by atoms with E-state index in [4.69, 9.17) is 4.74 Å². The molecule has 0 saturated heterocycles. The molecular weight excluding hydrogens is 552 g/mol. The van der Waals surface area contributed by atoms with Crippen LogP contribution in [0.1, 0.15) is 49.3 Å². The molecule has 10 heteroatoms. The molecule has 0 saturated carbocycles. The molecule has 0 aliphatic heterocycles. The second-order valence-corrected chi connectivity index (χ2v) is 13.4. The highest BCUT2D eigenvalue weighted by atomic mass is 32.2. The number of nitrogens with one attached hydrogen (secondary N) is 2. The SMILES string of the molecule is CCN(CC)C(C)(C)CNC(=O)c1cc2c(-c3cc(S(C)(=O)=O)ccc3Oc3c(C)cccc3C)cn(C)c(=O)c2[nH]1. The fourth-order valence-electron chi connectivity index (χ4n) is 5.36. The lowest BCUT2D eigenvalue weighted by molar-refractivity contribution is 0.0881. The number of aromatic amines is 1. The summed E-state index contributed by atoms with van der Waals surface area (Å²) in [4.78, 5) is 31.9. The van der Waals surface area contributed by atoms with Crippen molar-refractivity contribution in [1.82, 2.24) is 19.8 Å². The maximum atomic E-state index is 13.3. The number of para-hydroxylation sites is 1. The Morgan fingerprint density at radius 3 is 2.29 bits per heavy atom. The number of carbonyl (C=O) groups excluding carboxylic acids is 1. The van der Waals surface area contributed by atoms with Gasteiger partial charge in [-0.25, -0.2) is 8.42 Å². The molecule has 0 fully saturated rings. The van der Waals surface area contributed by atoms with Crippen LogP contribution < -0.4 is 15.6 Å². The number of fused-ring (bicyclic) bond motifs is 1. The molecule has 42 heavy (non-hydrogen) atoms. The molecular formula is C32H40N4O5S. The Bertz CT molecular complexity index is 1790. The van der Waals surface area contributed by atoms with Gasteiger partial charge in [-0.3, -0.25) is 14.5 Å². The van der Waals surface area contributed by atoms with E-state index in [0.29, 0.717) is 34.6 Å². The van der Waals surface area contributed by atoms with E-state index in [9.17, 15) is 18.0 Å². The Morgan fingerprint density at radius 1 is 1.05 bits per heavy atom. The van der Waals surface area contributed by atoms with Crippen LogP contribution in [0, 0.1) is 13.8 Å². The number of rotatable bonds is 10. The van der Waals surface area contributed by atoms with Gasteiger partial charge in [-0.1, -0.05) is 32.0 Å². The molecule has 0 atom stereocenters. The van der Waals surface area contributed by atoms with Gasteiger partial charge in [0.15, 0.2) is 9.84 Å². The number of amides is 1. The minimum absolute atomic E-state index is 0.112. The first-order chi connectivity index (χ1) is 19.7. The summed E-state index contributed by atoms with van der Waals surface area (Å²) in [5.74, 6) is 0.751. The number of hydrogen-bond acceptors (Lipinski definition) is 6. The van der Waals surface area contributed by atoms with Crippen LogP contribution in [-0.4, -0.2) is 60.2 Å². The van der Waals surface area contributed by atoms with E-state index >= 15 is 0 Å². The van der Waals surface area contributed by atoms with Gasteiger partial charge in [0.2, 0.25) is 0 Å². The van der Waals surface area contributed by atoms with Crippen molar-refractivity contribution in [3.8, 4) is 22.6 Å². The normalized spacial score (nSPS) is 12.2. The van der Waals surface area contributed by atoms with Crippen LogP contribution in [0.4, 0.5) is 0 Å². The zero-order valence-corrected chi connectivity index (χ0v) is 26.4. The van der Waals surface area contributed by atoms with Crippen molar-refractivity contribution in [2.45, 2.75) is 52.0 Å². The molecule has 0 unspecified atom stereocenters.